The minimum Gasteiger partial charge on any atom is -0.394 e. The van der Waals surface area contributed by atoms with Crippen molar-refractivity contribution in [3.05, 3.63) is 0 Å². The Bertz CT molecular complexity index is 344. The lowest BCUT2D eigenvalue weighted by Crippen LogP contribution is -2.63. The zero-order valence-electron chi connectivity index (χ0n) is 12.0. The lowest BCUT2D eigenvalue weighted by molar-refractivity contribution is -0.376. The second-order valence-corrected chi connectivity index (χ2v) is 5.53. The van der Waals surface area contributed by atoms with Gasteiger partial charge in [-0.25, -0.2) is 0 Å². The van der Waals surface area contributed by atoms with Gasteiger partial charge >= 0.3 is 0 Å². The van der Waals surface area contributed by atoms with E-state index in [1.54, 1.807) is 0 Å². The molecule has 0 spiro atoms. The van der Waals surface area contributed by atoms with Gasteiger partial charge in [-0.2, -0.15) is 0 Å². The molecule has 0 aliphatic carbocycles. The smallest absolute Gasteiger partial charge is 0.189 e. The molecule has 0 bridgehead atoms. The van der Waals surface area contributed by atoms with Gasteiger partial charge in [0.1, 0.15) is 48.8 Å². The normalized spacial score (nSPS) is 51.7. The minimum absolute atomic E-state index is 0.667. The molecule has 2 aliphatic rings. The highest BCUT2D eigenvalue weighted by Gasteiger charge is 2.49. The maximum absolute atomic E-state index is 9.84. The van der Waals surface area contributed by atoms with Crippen molar-refractivity contribution in [2.75, 3.05) is 13.2 Å². The molecular weight excluding hydrogens is 320 g/mol. The summed E-state index contributed by atoms with van der Waals surface area (Å²) >= 11 is 0. The van der Waals surface area contributed by atoms with Gasteiger partial charge in [0, 0.05) is 0 Å². The molecule has 2 aliphatic heterocycles. The molecule has 2 heterocycles. The van der Waals surface area contributed by atoms with Crippen molar-refractivity contribution in [1.82, 2.24) is 0 Å². The summed E-state index contributed by atoms with van der Waals surface area (Å²) in [6, 6.07) is 0. The van der Waals surface area contributed by atoms with Crippen molar-refractivity contribution in [1.29, 1.82) is 0 Å². The SMILES string of the molecule is OC[C@H]1O[C@H](O[C@H]2O[C@H](CO)[C@@H](O)C(O)[C@H]2O)[C@H](O)[C@@H](O)[C@@H]1O. The van der Waals surface area contributed by atoms with Gasteiger partial charge in [0.15, 0.2) is 12.6 Å². The van der Waals surface area contributed by atoms with Gasteiger partial charge in [-0.1, -0.05) is 0 Å². The van der Waals surface area contributed by atoms with Crippen LogP contribution in [-0.2, 0) is 14.2 Å². The Kier molecular flexibility index (Phi) is 6.27. The number of ether oxygens (including phenoxy) is 3. The summed E-state index contributed by atoms with van der Waals surface area (Å²) < 4.78 is 15.3. The monoisotopic (exact) mass is 342 g/mol. The van der Waals surface area contributed by atoms with Crippen molar-refractivity contribution in [3.8, 4) is 0 Å². The first-order valence-electron chi connectivity index (χ1n) is 7.08. The maximum atomic E-state index is 9.84. The number of aliphatic hydroxyl groups is 8. The van der Waals surface area contributed by atoms with E-state index in [4.69, 9.17) is 24.4 Å². The highest BCUT2D eigenvalue weighted by Crippen LogP contribution is 2.27. The Hall–Kier alpha value is -0.440. The fourth-order valence-corrected chi connectivity index (χ4v) is 2.49. The van der Waals surface area contributed by atoms with E-state index in [2.05, 4.69) is 0 Å². The molecule has 0 aromatic rings. The van der Waals surface area contributed by atoms with E-state index in [-0.39, 0.29) is 0 Å². The van der Waals surface area contributed by atoms with E-state index < -0.39 is 74.6 Å². The average molecular weight is 342 g/mol. The Balaban J connectivity index is 2.07. The second-order valence-electron chi connectivity index (χ2n) is 5.53. The fraction of sp³-hybridized carbons (Fsp3) is 1.00. The van der Waals surface area contributed by atoms with Crippen LogP contribution in [0, 0.1) is 0 Å². The van der Waals surface area contributed by atoms with Crippen molar-refractivity contribution < 1.29 is 55.1 Å². The number of hydrogen-bond donors (Lipinski definition) is 8. The van der Waals surface area contributed by atoms with Gasteiger partial charge in [0.2, 0.25) is 0 Å². The Morgan fingerprint density at radius 3 is 1.22 bits per heavy atom. The third-order valence-corrected chi connectivity index (χ3v) is 3.97. The summed E-state index contributed by atoms with van der Waals surface area (Å²) in [5, 5.41) is 76.4. The van der Waals surface area contributed by atoms with E-state index >= 15 is 0 Å². The van der Waals surface area contributed by atoms with Gasteiger partial charge in [-0.3, -0.25) is 0 Å². The molecule has 0 amide bonds. The van der Waals surface area contributed by atoms with E-state index in [9.17, 15) is 30.6 Å². The van der Waals surface area contributed by atoms with E-state index in [0.717, 1.165) is 0 Å². The molecule has 8 N–H and O–H groups in total. The third-order valence-electron chi connectivity index (χ3n) is 3.97. The molecular formula is C12H22O11. The van der Waals surface area contributed by atoms with Crippen LogP contribution in [0.4, 0.5) is 0 Å². The van der Waals surface area contributed by atoms with Gasteiger partial charge in [-0.15, -0.1) is 0 Å². The lowest BCUT2D eigenvalue weighted by atomic mass is 9.98. The molecule has 2 fully saturated rings. The number of hydrogen-bond acceptors (Lipinski definition) is 11. The molecule has 23 heavy (non-hydrogen) atoms. The van der Waals surface area contributed by atoms with Gasteiger partial charge in [0.25, 0.3) is 0 Å². The van der Waals surface area contributed by atoms with Crippen LogP contribution in [-0.4, -0.2) is 115 Å². The molecule has 1 unspecified atom stereocenters. The van der Waals surface area contributed by atoms with Crippen molar-refractivity contribution in [2.24, 2.45) is 0 Å². The van der Waals surface area contributed by atoms with Gasteiger partial charge in [-0.05, 0) is 0 Å². The molecule has 11 nitrogen and oxygen atoms in total. The Labute approximate surface area is 130 Å². The van der Waals surface area contributed by atoms with Crippen LogP contribution in [0.5, 0.6) is 0 Å². The standard InChI is InChI=1S/C12H22O11/c13-1-3-5(15)7(17)9(19)11(21-3)23-12-10(20)8(18)6(16)4(2-14)22-12/h3-20H,1-2H2/t3-,4-,5-,6-,7+,8?,9-,10-,11-,12-/m1/s1. The molecule has 0 saturated carbocycles. The van der Waals surface area contributed by atoms with E-state index in [0.29, 0.717) is 0 Å². The minimum atomic E-state index is -1.72. The summed E-state index contributed by atoms with van der Waals surface area (Å²) in [5.41, 5.74) is 0. The van der Waals surface area contributed by atoms with E-state index in [1.165, 1.54) is 0 Å². The molecule has 11 heteroatoms. The number of aliphatic hydroxyl groups excluding tert-OH is 8. The molecule has 0 aromatic carbocycles. The average Bonchev–Trinajstić information content (AvgIpc) is 2.55. The van der Waals surface area contributed by atoms with Gasteiger partial charge < -0.3 is 55.1 Å². The zero-order chi connectivity index (χ0) is 17.3. The first kappa shape index (κ1) is 18.9. The Morgan fingerprint density at radius 2 is 0.913 bits per heavy atom. The molecule has 0 aromatic heterocycles. The van der Waals surface area contributed by atoms with Crippen molar-refractivity contribution in [2.45, 2.75) is 61.4 Å². The summed E-state index contributed by atoms with van der Waals surface area (Å²) in [4.78, 5) is 0. The van der Waals surface area contributed by atoms with Crippen LogP contribution < -0.4 is 0 Å². The van der Waals surface area contributed by atoms with Crippen LogP contribution in [0.25, 0.3) is 0 Å². The van der Waals surface area contributed by atoms with Gasteiger partial charge in [0.05, 0.1) is 13.2 Å². The molecule has 2 saturated heterocycles. The summed E-state index contributed by atoms with van der Waals surface area (Å²) in [6.45, 7) is -1.33. The zero-order valence-corrected chi connectivity index (χ0v) is 12.0. The summed E-state index contributed by atoms with van der Waals surface area (Å²) in [7, 11) is 0. The maximum Gasteiger partial charge on any atom is 0.189 e. The second kappa shape index (κ2) is 7.63. The summed E-state index contributed by atoms with van der Waals surface area (Å²) in [6.07, 6.45) is -15.6. The summed E-state index contributed by atoms with van der Waals surface area (Å²) in [5.74, 6) is 0. The number of rotatable bonds is 4. The predicted octanol–water partition coefficient (Wildman–Crippen LogP) is -5.40. The predicted molar refractivity (Wildman–Crippen MR) is 68.6 cm³/mol. The highest BCUT2D eigenvalue weighted by atomic mass is 16.8. The van der Waals surface area contributed by atoms with Crippen molar-refractivity contribution >= 4 is 0 Å². The quantitative estimate of drug-likeness (QED) is 0.243. The lowest BCUT2D eigenvalue weighted by Gasteiger charge is -2.44. The van der Waals surface area contributed by atoms with Crippen LogP contribution in [0.2, 0.25) is 0 Å². The van der Waals surface area contributed by atoms with Crippen LogP contribution >= 0.6 is 0 Å². The molecule has 136 valence electrons. The molecule has 0 radical (unpaired) electrons. The first-order valence-corrected chi connectivity index (χ1v) is 7.08. The fourth-order valence-electron chi connectivity index (χ4n) is 2.49. The molecule has 10 atom stereocenters. The van der Waals surface area contributed by atoms with E-state index in [1.807, 2.05) is 0 Å². The van der Waals surface area contributed by atoms with Crippen LogP contribution in [0.15, 0.2) is 0 Å². The van der Waals surface area contributed by atoms with Crippen LogP contribution in [0.1, 0.15) is 0 Å². The Morgan fingerprint density at radius 1 is 0.565 bits per heavy atom. The largest absolute Gasteiger partial charge is 0.394 e. The highest BCUT2D eigenvalue weighted by molar-refractivity contribution is 4.92. The molecule has 2 rings (SSSR count). The topological polar surface area (TPSA) is 190 Å². The first-order chi connectivity index (χ1) is 10.8. The third kappa shape index (κ3) is 3.65. The van der Waals surface area contributed by atoms with Crippen LogP contribution in [0.3, 0.4) is 0 Å². The van der Waals surface area contributed by atoms with Crippen molar-refractivity contribution in [3.63, 3.8) is 0 Å².